The van der Waals surface area contributed by atoms with Gasteiger partial charge in [0.1, 0.15) is 5.75 Å². The Labute approximate surface area is 230 Å². The number of nitrogens with zero attached hydrogens (tertiary/aromatic N) is 4. The van der Waals surface area contributed by atoms with E-state index >= 15 is 0 Å². The highest BCUT2D eigenvalue weighted by atomic mass is 32.2. The molecule has 1 aromatic carbocycles. The molecule has 0 radical (unpaired) electrons. The average Bonchev–Trinajstić information content (AvgIpc) is 3.53. The van der Waals surface area contributed by atoms with Gasteiger partial charge in [0.15, 0.2) is 5.72 Å². The molecule has 4 rings (SSSR count). The van der Waals surface area contributed by atoms with Crippen molar-refractivity contribution in [2.75, 3.05) is 19.1 Å². The Morgan fingerprint density at radius 3 is 2.61 bits per heavy atom. The summed E-state index contributed by atoms with van der Waals surface area (Å²) in [5, 5.41) is 9.87. The molecule has 0 saturated carbocycles. The van der Waals surface area contributed by atoms with E-state index in [1.165, 1.54) is 11.3 Å². The summed E-state index contributed by atoms with van der Waals surface area (Å²) in [5.41, 5.74) is 2.09. The number of aromatic nitrogens is 3. The number of thioether (sulfide) groups is 1. The zero-order chi connectivity index (χ0) is 27.5. The molecule has 0 spiro atoms. The number of hydrogen-bond acceptors (Lipinski definition) is 9. The van der Waals surface area contributed by atoms with Crippen LogP contribution in [0.5, 0.6) is 5.75 Å². The van der Waals surface area contributed by atoms with E-state index in [1.807, 2.05) is 12.3 Å². The third kappa shape index (κ3) is 5.49. The third-order valence-electron chi connectivity index (χ3n) is 6.79. The van der Waals surface area contributed by atoms with E-state index in [-0.39, 0.29) is 23.7 Å². The van der Waals surface area contributed by atoms with Gasteiger partial charge in [0, 0.05) is 54.0 Å². The highest BCUT2D eigenvalue weighted by molar-refractivity contribution is 7.98. The minimum atomic E-state index is -1.44. The molecule has 3 aromatic rings. The van der Waals surface area contributed by atoms with Gasteiger partial charge in [0.05, 0.1) is 24.4 Å². The van der Waals surface area contributed by atoms with Gasteiger partial charge in [-0.05, 0) is 35.1 Å². The highest BCUT2D eigenvalue weighted by Crippen LogP contribution is 2.54. The van der Waals surface area contributed by atoms with Crippen molar-refractivity contribution in [3.8, 4) is 5.75 Å². The fraction of sp³-hybridized carbons (Fsp3) is 0.444. The number of benzene rings is 1. The average molecular weight is 557 g/mol. The summed E-state index contributed by atoms with van der Waals surface area (Å²) in [7, 11) is 1.58. The van der Waals surface area contributed by atoms with Crippen molar-refractivity contribution in [3.05, 3.63) is 70.2 Å². The van der Waals surface area contributed by atoms with Crippen LogP contribution in [0.1, 0.15) is 72.1 Å². The van der Waals surface area contributed by atoms with E-state index in [9.17, 15) is 14.7 Å². The van der Waals surface area contributed by atoms with Crippen molar-refractivity contribution < 1.29 is 24.2 Å². The topological polar surface area (TPSA) is 115 Å². The summed E-state index contributed by atoms with van der Waals surface area (Å²) in [6.45, 7) is 6.23. The Hall–Kier alpha value is -3.18. The lowest BCUT2D eigenvalue weighted by molar-refractivity contribution is -0.0983. The van der Waals surface area contributed by atoms with Crippen LogP contribution in [0.2, 0.25) is 0 Å². The number of amides is 1. The van der Waals surface area contributed by atoms with Gasteiger partial charge in [-0.25, -0.2) is 4.79 Å². The van der Waals surface area contributed by atoms with Crippen LogP contribution in [0.15, 0.2) is 48.5 Å². The molecule has 1 saturated heterocycles. The number of likely N-dealkylation sites (tertiary alicyclic amines) is 1. The summed E-state index contributed by atoms with van der Waals surface area (Å²) < 4.78 is 11.4. The molecule has 3 heterocycles. The fourth-order valence-electron chi connectivity index (χ4n) is 5.14. The zero-order valence-electron chi connectivity index (χ0n) is 22.1. The maximum absolute atomic E-state index is 14.5. The van der Waals surface area contributed by atoms with Gasteiger partial charge in [-0.2, -0.15) is 11.8 Å². The Morgan fingerprint density at radius 2 is 2.03 bits per heavy atom. The second kappa shape index (κ2) is 11.3. The van der Waals surface area contributed by atoms with Crippen LogP contribution in [0.25, 0.3) is 0 Å². The van der Waals surface area contributed by atoms with Gasteiger partial charge in [0.2, 0.25) is 0 Å². The van der Waals surface area contributed by atoms with Gasteiger partial charge in [-0.3, -0.25) is 24.6 Å². The number of hydrogen-bond donors (Lipinski definition) is 1. The first kappa shape index (κ1) is 27.8. The van der Waals surface area contributed by atoms with Crippen LogP contribution in [-0.4, -0.2) is 61.9 Å². The summed E-state index contributed by atoms with van der Waals surface area (Å²) in [6, 6.07) is 4.83. The molecule has 1 aliphatic heterocycles. The first-order chi connectivity index (χ1) is 18.1. The van der Waals surface area contributed by atoms with E-state index in [0.717, 1.165) is 10.4 Å². The Kier molecular flexibility index (Phi) is 8.27. The number of ether oxygens (including phenoxy) is 2. The molecule has 0 unspecified atom stereocenters. The predicted octanol–water partition coefficient (Wildman–Crippen LogP) is 5.75. The molecule has 1 fully saturated rings. The second-order valence-corrected chi connectivity index (χ2v) is 12.1. The summed E-state index contributed by atoms with van der Waals surface area (Å²) in [4.78, 5) is 42.0. The molecule has 11 heteroatoms. The number of carbonyl (C=O) groups is 2. The highest BCUT2D eigenvalue weighted by Gasteiger charge is 2.58. The quantitative estimate of drug-likeness (QED) is 0.346. The molecule has 1 amide bonds. The molecular formula is C27H32N4O5S2. The molecule has 0 bridgehead atoms. The van der Waals surface area contributed by atoms with Crippen molar-refractivity contribution in [2.24, 2.45) is 0 Å². The first-order valence-corrected chi connectivity index (χ1v) is 14.5. The summed E-state index contributed by atoms with van der Waals surface area (Å²) >= 11 is 2.97. The first-order valence-electron chi connectivity index (χ1n) is 12.2. The largest absolute Gasteiger partial charge is 0.507 e. The van der Waals surface area contributed by atoms with Crippen LogP contribution in [-0.2, 0) is 10.2 Å². The molecule has 2 aromatic heterocycles. The summed E-state index contributed by atoms with van der Waals surface area (Å²) in [6.07, 6.45) is 7.61. The van der Waals surface area contributed by atoms with Crippen LogP contribution in [0.3, 0.4) is 0 Å². The van der Waals surface area contributed by atoms with Gasteiger partial charge in [-0.1, -0.05) is 26.8 Å². The fourth-order valence-corrected chi connectivity index (χ4v) is 6.43. The van der Waals surface area contributed by atoms with Crippen molar-refractivity contribution in [3.63, 3.8) is 0 Å². The lowest BCUT2D eigenvalue weighted by Crippen LogP contribution is -2.51. The SMILES string of the molecule is COc1cc(C(=O)N2[C@@H](c3cncs3)[C@@H](c3cnccn3)C[C@@]2(CCSC)OC(=O)O)ccc1C(C)(C)C. The van der Waals surface area contributed by atoms with Crippen LogP contribution >= 0.6 is 23.1 Å². The molecule has 1 aliphatic rings. The molecule has 9 nitrogen and oxygen atoms in total. The van der Waals surface area contributed by atoms with Crippen LogP contribution in [0, 0.1) is 0 Å². The van der Waals surface area contributed by atoms with E-state index in [1.54, 1.807) is 66.2 Å². The third-order valence-corrected chi connectivity index (χ3v) is 8.25. The van der Waals surface area contributed by atoms with Crippen molar-refractivity contribution in [2.45, 2.75) is 56.7 Å². The molecule has 1 N–H and O–H groups in total. The van der Waals surface area contributed by atoms with Gasteiger partial charge in [-0.15, -0.1) is 11.3 Å². The molecule has 0 aliphatic carbocycles. The maximum atomic E-state index is 14.5. The number of carbonyl (C=O) groups excluding carboxylic acids is 1. The van der Waals surface area contributed by atoms with E-state index in [2.05, 4.69) is 35.7 Å². The van der Waals surface area contributed by atoms with Gasteiger partial charge < -0.3 is 14.6 Å². The number of carboxylic acid groups (broad SMARTS) is 1. The zero-order valence-corrected chi connectivity index (χ0v) is 23.7. The van der Waals surface area contributed by atoms with Gasteiger partial charge >= 0.3 is 6.16 Å². The number of methoxy groups -OCH3 is 1. The van der Waals surface area contributed by atoms with Crippen LogP contribution in [0.4, 0.5) is 4.79 Å². The van der Waals surface area contributed by atoms with E-state index < -0.39 is 17.9 Å². The Bertz CT molecular complexity index is 1270. The standard InChI is InChI=1S/C27H32N4O5S2/c1-26(2,3)19-7-6-17(12-21(19)35-4)24(32)31-23(22-15-29-16-38-22)18(20-14-28-9-10-30-20)13-27(31,8-11-37-5)36-25(33)34/h6-7,9-10,12,14-16,18,23H,8,11,13H2,1-5H3,(H,33,34)/t18-,23-,27-/m1/s1. The van der Waals surface area contributed by atoms with Crippen molar-refractivity contribution in [1.82, 2.24) is 19.9 Å². The van der Waals surface area contributed by atoms with E-state index in [0.29, 0.717) is 29.2 Å². The number of rotatable bonds is 8. The molecule has 3 atom stereocenters. The molecular weight excluding hydrogens is 524 g/mol. The smallest absolute Gasteiger partial charge is 0.496 e. The molecule has 38 heavy (non-hydrogen) atoms. The monoisotopic (exact) mass is 556 g/mol. The molecule has 202 valence electrons. The van der Waals surface area contributed by atoms with Crippen LogP contribution < -0.4 is 4.74 Å². The lowest BCUT2D eigenvalue weighted by Gasteiger charge is -2.39. The summed E-state index contributed by atoms with van der Waals surface area (Å²) in [5.74, 6) is 0.476. The number of thiazole rings is 1. The second-order valence-electron chi connectivity index (χ2n) is 10.2. The van der Waals surface area contributed by atoms with Crippen molar-refractivity contribution >= 4 is 35.2 Å². The van der Waals surface area contributed by atoms with Gasteiger partial charge in [0.25, 0.3) is 5.91 Å². The van der Waals surface area contributed by atoms with E-state index in [4.69, 9.17) is 9.47 Å². The predicted molar refractivity (Wildman–Crippen MR) is 147 cm³/mol. The maximum Gasteiger partial charge on any atom is 0.507 e. The minimum absolute atomic E-state index is 0.197. The Balaban J connectivity index is 1.91. The Morgan fingerprint density at radius 1 is 1.24 bits per heavy atom. The van der Waals surface area contributed by atoms with Crippen molar-refractivity contribution in [1.29, 1.82) is 0 Å². The minimum Gasteiger partial charge on any atom is -0.496 e. The lowest BCUT2D eigenvalue weighted by atomic mass is 9.85. The normalized spacial score (nSPS) is 21.3.